The Morgan fingerprint density at radius 2 is 1.74 bits per heavy atom. The van der Waals surface area contributed by atoms with Gasteiger partial charge in [-0.25, -0.2) is 9.51 Å². The largest absolute Gasteiger partial charge is 0.486 e. The zero-order valence-corrected chi connectivity index (χ0v) is 19.8. The van der Waals surface area contributed by atoms with Gasteiger partial charge < -0.3 is 4.74 Å². The van der Waals surface area contributed by atoms with Gasteiger partial charge in [0.05, 0.1) is 0 Å². The van der Waals surface area contributed by atoms with E-state index in [1.165, 1.54) is 18.4 Å². The average molecular weight is 457 g/mol. The fraction of sp³-hybridized carbons (Fsp3) is 0.321. The van der Waals surface area contributed by atoms with E-state index in [4.69, 9.17) is 4.74 Å². The molecule has 6 rings (SSSR count). The molecule has 2 N–H and O–H groups in total. The van der Waals surface area contributed by atoms with Gasteiger partial charge in [-0.15, -0.1) is 10.6 Å². The lowest BCUT2D eigenvalue weighted by Crippen LogP contribution is -2.36. The Morgan fingerprint density at radius 3 is 2.38 bits per heavy atom. The summed E-state index contributed by atoms with van der Waals surface area (Å²) < 4.78 is 21.4. The molecule has 0 radical (unpaired) electrons. The third-order valence-corrected chi connectivity index (χ3v) is 7.15. The van der Waals surface area contributed by atoms with Crippen LogP contribution in [-0.2, 0) is 6.42 Å². The van der Waals surface area contributed by atoms with Gasteiger partial charge in [0, 0.05) is 18.2 Å². The van der Waals surface area contributed by atoms with Crippen molar-refractivity contribution in [1.82, 2.24) is 16.1 Å². The fourth-order valence-electron chi connectivity index (χ4n) is 5.41. The highest BCUT2D eigenvalue weighted by Gasteiger charge is 2.31. The van der Waals surface area contributed by atoms with Crippen molar-refractivity contribution < 1.29 is 9.13 Å². The van der Waals surface area contributed by atoms with Crippen LogP contribution in [0.3, 0.4) is 0 Å². The van der Waals surface area contributed by atoms with Crippen LogP contribution in [0.1, 0.15) is 64.7 Å². The highest BCUT2D eigenvalue weighted by Crippen LogP contribution is 2.44. The van der Waals surface area contributed by atoms with Gasteiger partial charge in [0.15, 0.2) is 5.84 Å². The van der Waals surface area contributed by atoms with Crippen molar-refractivity contribution in [1.29, 1.82) is 0 Å². The molecule has 1 aliphatic heterocycles. The summed E-state index contributed by atoms with van der Waals surface area (Å²) in [6, 6.07) is 16.2. The third-order valence-electron chi connectivity index (χ3n) is 7.15. The summed E-state index contributed by atoms with van der Waals surface area (Å²) in [5, 5.41) is 6.08. The molecule has 1 fully saturated rings. The molecule has 0 spiro atoms. The quantitative estimate of drug-likeness (QED) is 0.519. The lowest BCUT2D eigenvalue weighted by atomic mass is 9.89. The molecule has 1 atom stereocenters. The number of rotatable bonds is 5. The molecule has 5 nitrogen and oxygen atoms in total. The van der Waals surface area contributed by atoms with Gasteiger partial charge in [-0.2, -0.15) is 0 Å². The maximum Gasteiger partial charge on any atom is 0.170 e. The second kappa shape index (κ2) is 8.13. The van der Waals surface area contributed by atoms with E-state index in [0.29, 0.717) is 11.5 Å². The van der Waals surface area contributed by atoms with E-state index in [-0.39, 0.29) is 11.9 Å². The summed E-state index contributed by atoms with van der Waals surface area (Å²) in [5.41, 5.74) is 14.8. The number of fused-ring (bicyclic) bond motifs is 1. The van der Waals surface area contributed by atoms with Crippen LogP contribution in [0.4, 0.5) is 4.39 Å². The number of hydrazone groups is 1. The number of nitrogens with zero attached hydrogens (tertiary/aromatic N) is 2. The van der Waals surface area contributed by atoms with Crippen molar-refractivity contribution in [2.45, 2.75) is 51.6 Å². The summed E-state index contributed by atoms with van der Waals surface area (Å²) in [6.45, 7) is 4.22. The Morgan fingerprint density at radius 1 is 1.00 bits per heavy atom. The van der Waals surface area contributed by atoms with Gasteiger partial charge in [0.25, 0.3) is 0 Å². The predicted molar refractivity (Wildman–Crippen MR) is 132 cm³/mol. The van der Waals surface area contributed by atoms with E-state index in [1.54, 1.807) is 11.2 Å². The van der Waals surface area contributed by atoms with Crippen LogP contribution in [-0.4, -0.2) is 18.0 Å². The molecule has 2 aliphatic carbocycles. The standard InChI is InChI=1S/C28H29FN4O/c1-16-14-20(28-30-32-33(3)31-28)15-17(2)26(16)22-10-12-24(29)27-23(22)11-13-25(27)34-21-8-6-19(7-9-21)18-4-5-18/h6-10,12,14-15,18,25,32H,4-5,11,13H2,1-3H3,(H,30,31). The van der Waals surface area contributed by atoms with Crippen molar-refractivity contribution in [2.75, 3.05) is 7.05 Å². The van der Waals surface area contributed by atoms with Gasteiger partial charge >= 0.3 is 0 Å². The molecule has 0 bridgehead atoms. The molecule has 0 aromatic heterocycles. The number of hydrogen-bond acceptors (Lipinski definition) is 5. The normalized spacial score (nSPS) is 19.1. The minimum absolute atomic E-state index is 0.179. The van der Waals surface area contributed by atoms with Crippen LogP contribution in [0.5, 0.6) is 5.75 Å². The highest BCUT2D eigenvalue weighted by atomic mass is 19.1. The number of nitrogens with one attached hydrogen (secondary N) is 2. The van der Waals surface area contributed by atoms with Gasteiger partial charge in [-0.1, -0.05) is 18.2 Å². The Labute approximate surface area is 199 Å². The first-order valence-electron chi connectivity index (χ1n) is 12.0. The second-order valence-electron chi connectivity index (χ2n) is 9.67. The number of aryl methyl sites for hydroxylation is 2. The Kier molecular flexibility index (Phi) is 5.06. The molecule has 34 heavy (non-hydrogen) atoms. The number of amidine groups is 1. The van der Waals surface area contributed by atoms with E-state index < -0.39 is 0 Å². The van der Waals surface area contributed by atoms with Gasteiger partial charge in [0.1, 0.15) is 17.7 Å². The van der Waals surface area contributed by atoms with E-state index in [0.717, 1.165) is 57.8 Å². The Bertz CT molecular complexity index is 1270. The number of halogens is 1. The number of hydrazine groups is 2. The Balaban J connectivity index is 1.33. The zero-order valence-electron chi connectivity index (χ0n) is 19.8. The predicted octanol–water partition coefficient (Wildman–Crippen LogP) is 5.67. The molecule has 3 aromatic carbocycles. The maximum atomic E-state index is 15.1. The van der Waals surface area contributed by atoms with Crippen molar-refractivity contribution in [2.24, 2.45) is 5.10 Å². The smallest absolute Gasteiger partial charge is 0.170 e. The van der Waals surface area contributed by atoms with Gasteiger partial charge in [-0.05, 0) is 109 Å². The van der Waals surface area contributed by atoms with Crippen LogP contribution >= 0.6 is 0 Å². The highest BCUT2D eigenvalue weighted by molar-refractivity contribution is 6.00. The minimum atomic E-state index is -0.264. The van der Waals surface area contributed by atoms with Crippen molar-refractivity contribution in [3.8, 4) is 16.9 Å². The first kappa shape index (κ1) is 21.2. The molecule has 0 amide bonds. The van der Waals surface area contributed by atoms with E-state index in [1.807, 2.05) is 25.2 Å². The molecule has 6 heteroatoms. The summed E-state index contributed by atoms with van der Waals surface area (Å²) >= 11 is 0. The van der Waals surface area contributed by atoms with Crippen LogP contribution in [0.15, 0.2) is 53.6 Å². The van der Waals surface area contributed by atoms with E-state index >= 15 is 4.39 Å². The third kappa shape index (κ3) is 3.72. The summed E-state index contributed by atoms with van der Waals surface area (Å²) in [7, 11) is 1.84. The maximum absolute atomic E-state index is 15.1. The summed E-state index contributed by atoms with van der Waals surface area (Å²) in [6.07, 6.45) is 3.88. The zero-order chi connectivity index (χ0) is 23.4. The van der Waals surface area contributed by atoms with E-state index in [2.05, 4.69) is 54.2 Å². The van der Waals surface area contributed by atoms with Crippen LogP contribution < -0.4 is 15.7 Å². The number of benzene rings is 3. The molecule has 1 heterocycles. The van der Waals surface area contributed by atoms with Crippen molar-refractivity contribution in [3.63, 3.8) is 0 Å². The molecular formula is C28H29FN4O. The van der Waals surface area contributed by atoms with Gasteiger partial charge in [0.2, 0.25) is 0 Å². The molecule has 174 valence electrons. The molecule has 3 aliphatic rings. The van der Waals surface area contributed by atoms with Crippen LogP contribution in [0.2, 0.25) is 0 Å². The van der Waals surface area contributed by atoms with Crippen LogP contribution in [0, 0.1) is 19.7 Å². The molecule has 1 saturated carbocycles. The van der Waals surface area contributed by atoms with Crippen molar-refractivity contribution in [3.05, 3.63) is 87.7 Å². The minimum Gasteiger partial charge on any atom is -0.486 e. The summed E-state index contributed by atoms with van der Waals surface area (Å²) in [5.74, 6) is 2.13. The molecule has 3 aromatic rings. The first-order chi connectivity index (χ1) is 16.5. The lowest BCUT2D eigenvalue weighted by molar-refractivity contribution is 0.203. The topological polar surface area (TPSA) is 48.9 Å². The molecular weight excluding hydrogens is 427 g/mol. The number of hydrogen-bond donors (Lipinski definition) is 2. The Hall–Kier alpha value is -3.38. The number of ether oxygens (including phenoxy) is 1. The van der Waals surface area contributed by atoms with Crippen LogP contribution in [0.25, 0.3) is 11.1 Å². The summed E-state index contributed by atoms with van der Waals surface area (Å²) in [4.78, 5) is 0. The average Bonchev–Trinajstić information content (AvgIpc) is 3.44. The fourth-order valence-corrected chi connectivity index (χ4v) is 5.41. The SMILES string of the molecule is Cc1cc(C2=NN(C)NN2)cc(C)c1-c1ccc(F)c2c1CCC2Oc1ccc(C2CC2)cc1. The second-order valence-corrected chi connectivity index (χ2v) is 9.67. The van der Waals surface area contributed by atoms with Gasteiger partial charge in [-0.3, -0.25) is 5.43 Å². The lowest BCUT2D eigenvalue weighted by Gasteiger charge is -2.19. The van der Waals surface area contributed by atoms with E-state index in [9.17, 15) is 0 Å². The monoisotopic (exact) mass is 456 g/mol. The first-order valence-corrected chi connectivity index (χ1v) is 12.0. The van der Waals surface area contributed by atoms with Crippen molar-refractivity contribution >= 4 is 5.84 Å². The molecule has 0 saturated heterocycles. The molecule has 1 unspecified atom stereocenters.